The molecule has 31 heavy (non-hydrogen) atoms. The molecule has 10 heteroatoms. The van der Waals surface area contributed by atoms with Crippen molar-refractivity contribution in [3.8, 4) is 21.5 Å². The highest BCUT2D eigenvalue weighted by molar-refractivity contribution is 7.16. The van der Waals surface area contributed by atoms with Crippen molar-refractivity contribution in [2.45, 2.75) is 43.9 Å². The molecule has 2 aliphatic heterocycles. The van der Waals surface area contributed by atoms with E-state index in [0.717, 1.165) is 29.2 Å². The standard InChI is InChI=1S/C17H21N3O2S.C4H4O4/c1-20-12-5-6-13(20)10-15(9-12)22-17-19-18-16(23-17)11-3-7-14(21-2)8-4-11;5-3(6)1-2-4(7)8/h3-4,7-8,12-13,15H,5-6,9-10H2,1-2H3;1-2H,(H,5,6)(H,7,8)/b;2-1+. The second kappa shape index (κ2) is 10.4. The molecule has 0 aliphatic carbocycles. The number of rotatable bonds is 6. The molecule has 0 amide bonds. The first-order chi connectivity index (χ1) is 14.9. The summed E-state index contributed by atoms with van der Waals surface area (Å²) in [6.45, 7) is 0. The molecule has 2 aromatic rings. The van der Waals surface area contributed by atoms with Crippen molar-refractivity contribution in [3.05, 3.63) is 36.4 Å². The number of carboxylic acids is 2. The third-order valence-corrected chi connectivity index (χ3v) is 6.30. The van der Waals surface area contributed by atoms with Crippen LogP contribution in [0.1, 0.15) is 25.7 Å². The van der Waals surface area contributed by atoms with Gasteiger partial charge in [-0.25, -0.2) is 9.59 Å². The van der Waals surface area contributed by atoms with Gasteiger partial charge < -0.3 is 24.6 Å². The Kier molecular flexibility index (Phi) is 7.59. The van der Waals surface area contributed by atoms with Crippen molar-refractivity contribution in [1.29, 1.82) is 0 Å². The van der Waals surface area contributed by atoms with Crippen LogP contribution in [0.5, 0.6) is 10.9 Å². The summed E-state index contributed by atoms with van der Waals surface area (Å²) < 4.78 is 11.3. The Hall–Kier alpha value is -2.98. The molecule has 0 saturated carbocycles. The number of aliphatic carboxylic acids is 2. The van der Waals surface area contributed by atoms with Crippen molar-refractivity contribution in [1.82, 2.24) is 15.1 Å². The maximum Gasteiger partial charge on any atom is 0.328 e. The molecule has 4 rings (SSSR count). The molecule has 9 nitrogen and oxygen atoms in total. The van der Waals surface area contributed by atoms with E-state index in [-0.39, 0.29) is 6.10 Å². The summed E-state index contributed by atoms with van der Waals surface area (Å²) in [4.78, 5) is 21.6. The molecule has 1 aromatic heterocycles. The molecule has 2 bridgehead atoms. The van der Waals surface area contributed by atoms with Gasteiger partial charge in [0, 0.05) is 29.8 Å². The second-order valence-electron chi connectivity index (χ2n) is 7.37. The molecule has 2 fully saturated rings. The molecule has 2 aliphatic rings. The highest BCUT2D eigenvalue weighted by Crippen LogP contribution is 2.37. The second-order valence-corrected chi connectivity index (χ2v) is 8.31. The van der Waals surface area contributed by atoms with E-state index in [0.29, 0.717) is 29.4 Å². The summed E-state index contributed by atoms with van der Waals surface area (Å²) in [6.07, 6.45) is 6.20. The molecule has 3 heterocycles. The van der Waals surface area contributed by atoms with E-state index < -0.39 is 11.9 Å². The van der Waals surface area contributed by atoms with Crippen LogP contribution < -0.4 is 9.47 Å². The smallest absolute Gasteiger partial charge is 0.328 e. The molecule has 0 spiro atoms. The number of carbonyl (C=O) groups is 2. The number of hydrogen-bond acceptors (Lipinski definition) is 8. The van der Waals surface area contributed by atoms with E-state index in [2.05, 4.69) is 22.1 Å². The van der Waals surface area contributed by atoms with E-state index in [1.165, 1.54) is 24.2 Å². The van der Waals surface area contributed by atoms with Crippen molar-refractivity contribution >= 4 is 23.3 Å². The molecular weight excluding hydrogens is 422 g/mol. The summed E-state index contributed by atoms with van der Waals surface area (Å²) >= 11 is 1.52. The van der Waals surface area contributed by atoms with Crippen LogP contribution in [0, 0.1) is 0 Å². The lowest BCUT2D eigenvalue weighted by Gasteiger charge is -2.35. The normalized spacial score (nSPS) is 22.6. The van der Waals surface area contributed by atoms with Gasteiger partial charge in [-0.2, -0.15) is 0 Å². The highest BCUT2D eigenvalue weighted by atomic mass is 32.1. The van der Waals surface area contributed by atoms with Crippen LogP contribution >= 0.6 is 11.3 Å². The van der Waals surface area contributed by atoms with Gasteiger partial charge in [-0.3, -0.25) is 0 Å². The van der Waals surface area contributed by atoms with Gasteiger partial charge in [0.1, 0.15) is 11.9 Å². The number of piperidine rings is 1. The number of hydrogen-bond donors (Lipinski definition) is 2. The summed E-state index contributed by atoms with van der Waals surface area (Å²) in [5, 5.41) is 25.7. The van der Waals surface area contributed by atoms with Gasteiger partial charge in [-0.1, -0.05) is 16.4 Å². The van der Waals surface area contributed by atoms with E-state index in [4.69, 9.17) is 19.7 Å². The van der Waals surface area contributed by atoms with Crippen molar-refractivity contribution in [2.75, 3.05) is 14.2 Å². The zero-order valence-corrected chi connectivity index (χ0v) is 18.1. The topological polar surface area (TPSA) is 122 Å². The lowest BCUT2D eigenvalue weighted by Crippen LogP contribution is -2.43. The minimum atomic E-state index is -1.26. The van der Waals surface area contributed by atoms with Gasteiger partial charge in [-0.15, -0.1) is 5.10 Å². The highest BCUT2D eigenvalue weighted by Gasteiger charge is 2.39. The first-order valence-corrected chi connectivity index (χ1v) is 10.7. The summed E-state index contributed by atoms with van der Waals surface area (Å²) in [6, 6.07) is 9.22. The lowest BCUT2D eigenvalue weighted by molar-refractivity contribution is -0.134. The quantitative estimate of drug-likeness (QED) is 0.644. The minimum Gasteiger partial charge on any atom is -0.497 e. The van der Waals surface area contributed by atoms with Crippen LogP contribution in [0.15, 0.2) is 36.4 Å². The number of nitrogens with zero attached hydrogens (tertiary/aromatic N) is 3. The maximum atomic E-state index is 9.55. The minimum absolute atomic E-state index is 0.278. The van der Waals surface area contributed by atoms with Crippen molar-refractivity contribution in [2.24, 2.45) is 0 Å². The molecule has 2 atom stereocenters. The Morgan fingerprint density at radius 1 is 1.06 bits per heavy atom. The number of ether oxygens (including phenoxy) is 2. The first-order valence-electron chi connectivity index (χ1n) is 9.86. The zero-order valence-electron chi connectivity index (χ0n) is 17.3. The fourth-order valence-corrected chi connectivity index (χ4v) is 4.62. The van der Waals surface area contributed by atoms with Gasteiger partial charge in [0.15, 0.2) is 5.01 Å². The Morgan fingerprint density at radius 3 is 2.16 bits per heavy atom. The average molecular weight is 448 g/mol. The third-order valence-electron chi connectivity index (χ3n) is 5.43. The van der Waals surface area contributed by atoms with Gasteiger partial charge >= 0.3 is 11.9 Å². The van der Waals surface area contributed by atoms with Gasteiger partial charge in [0.05, 0.1) is 7.11 Å². The Balaban J connectivity index is 0.000000293. The Morgan fingerprint density at radius 2 is 1.65 bits per heavy atom. The van der Waals surface area contributed by atoms with Crippen LogP contribution in [-0.2, 0) is 9.59 Å². The van der Waals surface area contributed by atoms with Crippen LogP contribution in [0.25, 0.3) is 10.6 Å². The van der Waals surface area contributed by atoms with Crippen molar-refractivity contribution < 1.29 is 29.3 Å². The molecule has 0 radical (unpaired) electrons. The van der Waals surface area contributed by atoms with E-state index in [1.54, 1.807) is 7.11 Å². The average Bonchev–Trinajstić information content (AvgIpc) is 3.27. The largest absolute Gasteiger partial charge is 0.497 e. The molecule has 2 unspecified atom stereocenters. The number of fused-ring (bicyclic) bond motifs is 2. The first kappa shape index (κ1) is 22.7. The van der Waals surface area contributed by atoms with Gasteiger partial charge in [0.2, 0.25) is 0 Å². The maximum absolute atomic E-state index is 9.55. The van der Waals surface area contributed by atoms with Crippen LogP contribution in [-0.4, -0.2) is 69.6 Å². The predicted octanol–water partition coefficient (Wildman–Crippen LogP) is 2.93. The Labute approximate surface area is 183 Å². The molecular formula is C21H25N3O6S. The SMILES string of the molecule is COc1ccc(-c2nnc(OC3CC4CCC(C3)N4C)s2)cc1.O=C(O)/C=C/C(=O)O. The summed E-state index contributed by atoms with van der Waals surface area (Å²) in [5.41, 5.74) is 1.04. The van der Waals surface area contributed by atoms with Gasteiger partial charge in [0.25, 0.3) is 5.19 Å². The van der Waals surface area contributed by atoms with E-state index >= 15 is 0 Å². The van der Waals surface area contributed by atoms with Crippen LogP contribution in [0.2, 0.25) is 0 Å². The van der Waals surface area contributed by atoms with E-state index in [9.17, 15) is 9.59 Å². The molecule has 2 N–H and O–H groups in total. The third kappa shape index (κ3) is 6.25. The molecule has 2 saturated heterocycles. The number of aromatic nitrogens is 2. The lowest BCUT2D eigenvalue weighted by atomic mass is 10.0. The summed E-state index contributed by atoms with van der Waals surface area (Å²) in [5.74, 6) is -1.67. The monoisotopic (exact) mass is 447 g/mol. The van der Waals surface area contributed by atoms with Crippen molar-refractivity contribution in [3.63, 3.8) is 0 Å². The molecule has 166 valence electrons. The zero-order chi connectivity index (χ0) is 22.4. The van der Waals surface area contributed by atoms with Gasteiger partial charge in [-0.05, 0) is 57.0 Å². The number of methoxy groups -OCH3 is 1. The van der Waals surface area contributed by atoms with Crippen LogP contribution in [0.3, 0.4) is 0 Å². The van der Waals surface area contributed by atoms with Crippen LogP contribution in [0.4, 0.5) is 0 Å². The van der Waals surface area contributed by atoms with E-state index in [1.807, 2.05) is 24.3 Å². The Bertz CT molecular complexity index is 899. The number of carboxylic acid groups (broad SMARTS) is 2. The predicted molar refractivity (Wildman–Crippen MR) is 115 cm³/mol. The number of benzene rings is 1. The summed E-state index contributed by atoms with van der Waals surface area (Å²) in [7, 11) is 3.91. The molecule has 1 aromatic carbocycles. The fraction of sp³-hybridized carbons (Fsp3) is 0.429. The fourth-order valence-electron chi connectivity index (χ4n) is 3.85.